The Balaban J connectivity index is 0.000000279. The molecule has 0 radical (unpaired) electrons. The first kappa shape index (κ1) is 49.0. The van der Waals surface area contributed by atoms with E-state index in [0.29, 0.717) is 5.56 Å². The van der Waals surface area contributed by atoms with Crippen LogP contribution in [0.25, 0.3) is 11.3 Å². The predicted molar refractivity (Wildman–Crippen MR) is 194 cm³/mol. The minimum atomic E-state index is -7.22. The third-order valence-corrected chi connectivity index (χ3v) is 10.2. The highest BCUT2D eigenvalue weighted by Gasteiger charge is 2.52. The molecule has 0 amide bonds. The zero-order valence-electron chi connectivity index (χ0n) is 32.2. The highest BCUT2D eigenvalue weighted by atomic mass is 19.2. The van der Waals surface area contributed by atoms with Gasteiger partial charge in [-0.05, 0) is 30.3 Å². The third-order valence-electron chi connectivity index (χ3n) is 10.2. The van der Waals surface area contributed by atoms with Crippen LogP contribution in [0.1, 0.15) is 10.4 Å². The van der Waals surface area contributed by atoms with E-state index in [0.717, 1.165) is 11.3 Å². The summed E-state index contributed by atoms with van der Waals surface area (Å²) in [6.07, 6.45) is -5.33. The Hall–Kier alpha value is -7.40. The SMILES string of the molecule is Fc1c(F)c(F)c([B-](c2c(F)c(F)c(F)c(F)c2F)(c2c(F)c(F)c(F)c(F)c2F)c2c(F)c(F)c(F)c(F)c2F)c(F)c1F.O=C(C[n+]1ccccc1-c1ccc(O)cc1)c1ccccc1. The highest BCUT2D eigenvalue weighted by molar-refractivity contribution is 7.20. The summed E-state index contributed by atoms with van der Waals surface area (Å²) in [5.74, 6) is -71.1. The lowest BCUT2D eigenvalue weighted by molar-refractivity contribution is -0.672. The monoisotopic (exact) mass is 969 g/mol. The Morgan fingerprint density at radius 3 is 0.970 bits per heavy atom. The molecule has 0 bridgehead atoms. The number of rotatable bonds is 8. The number of aromatic hydroxyl groups is 1. The number of pyridine rings is 1. The molecule has 1 N–H and O–H groups in total. The van der Waals surface area contributed by atoms with Crippen LogP contribution in [0.4, 0.5) is 87.8 Å². The lowest BCUT2D eigenvalue weighted by Gasteiger charge is -2.44. The van der Waals surface area contributed by atoms with Crippen LogP contribution >= 0.6 is 0 Å². The summed E-state index contributed by atoms with van der Waals surface area (Å²) in [7, 11) is 0. The van der Waals surface area contributed by atoms with Gasteiger partial charge in [0, 0.05) is 23.3 Å². The second-order valence-electron chi connectivity index (χ2n) is 13.9. The van der Waals surface area contributed by atoms with Gasteiger partial charge in [0.15, 0.2) is 76.0 Å². The van der Waals surface area contributed by atoms with Crippen molar-refractivity contribution in [2.24, 2.45) is 0 Å². The fourth-order valence-electron chi connectivity index (χ4n) is 7.25. The topological polar surface area (TPSA) is 41.2 Å². The molecule has 0 atom stereocenters. The lowest BCUT2D eigenvalue weighted by atomic mass is 9.12. The van der Waals surface area contributed by atoms with Gasteiger partial charge >= 0.3 is 0 Å². The molecule has 7 aromatic rings. The molecule has 348 valence electrons. The zero-order valence-corrected chi connectivity index (χ0v) is 32.2. The normalized spacial score (nSPS) is 11.5. The van der Waals surface area contributed by atoms with Crippen molar-refractivity contribution in [1.29, 1.82) is 0 Å². The molecule has 6 aromatic carbocycles. The van der Waals surface area contributed by atoms with Crippen LogP contribution in [0.2, 0.25) is 0 Å². The van der Waals surface area contributed by atoms with Crippen molar-refractivity contribution in [2.75, 3.05) is 0 Å². The smallest absolute Gasteiger partial charge is 0.227 e. The molecule has 0 saturated heterocycles. The standard InChI is InChI=1S/C24BF20.C19H15NO2/c26-5-1(6(27)14(35)21(42)13(5)34)25(2-7(28)15(36)22(43)16(37)8(2)29,3-9(30)17(38)23(44)18(39)10(3)31)4-11(32)19(40)24(45)20(41)12(4)33;21-17-11-9-15(10-12-17)18-8-4-5-13-20(18)14-19(22)16-6-2-1-3-7-16/h;1-13H,14H2/q-1;/p+1. The Morgan fingerprint density at radius 2 is 0.657 bits per heavy atom. The van der Waals surface area contributed by atoms with Crippen molar-refractivity contribution in [2.45, 2.75) is 6.54 Å². The average molecular weight is 969 g/mol. The molecule has 0 aliphatic carbocycles. The van der Waals surface area contributed by atoms with Gasteiger partial charge in [-0.15, -0.1) is 21.9 Å². The molecular formula is C43H16BF20NO2. The average Bonchev–Trinajstić information content (AvgIpc) is 3.32. The molecule has 3 nitrogen and oxygen atoms in total. The van der Waals surface area contributed by atoms with Gasteiger partial charge < -0.3 is 5.11 Å². The van der Waals surface area contributed by atoms with Crippen LogP contribution in [0, 0.1) is 116 Å². The fourth-order valence-corrected chi connectivity index (χ4v) is 7.25. The molecule has 0 aliphatic heterocycles. The van der Waals surface area contributed by atoms with Gasteiger partial charge in [-0.2, -0.15) is 4.57 Å². The van der Waals surface area contributed by atoms with E-state index in [1.807, 2.05) is 71.4 Å². The summed E-state index contributed by atoms with van der Waals surface area (Å²) in [6.45, 7) is 0.279. The van der Waals surface area contributed by atoms with E-state index < -0.39 is 144 Å². The quantitative estimate of drug-likeness (QED) is 0.0413. The van der Waals surface area contributed by atoms with Crippen molar-refractivity contribution < 1.29 is 102 Å². The van der Waals surface area contributed by atoms with Gasteiger partial charge in [0.05, 0.1) is 0 Å². The van der Waals surface area contributed by atoms with Crippen LogP contribution in [-0.2, 0) is 6.54 Å². The van der Waals surface area contributed by atoms with E-state index in [-0.39, 0.29) is 18.1 Å². The fraction of sp³-hybridized carbons (Fsp3) is 0.0233. The van der Waals surface area contributed by atoms with E-state index in [1.165, 1.54) is 0 Å². The first-order valence-corrected chi connectivity index (χ1v) is 18.0. The van der Waals surface area contributed by atoms with Gasteiger partial charge in [-0.3, -0.25) is 4.79 Å². The summed E-state index contributed by atoms with van der Waals surface area (Å²) in [5.41, 5.74) is -11.7. The summed E-state index contributed by atoms with van der Waals surface area (Å²) >= 11 is 0. The Kier molecular flexibility index (Phi) is 13.5. The van der Waals surface area contributed by atoms with Crippen molar-refractivity contribution in [1.82, 2.24) is 0 Å². The van der Waals surface area contributed by atoms with Crippen molar-refractivity contribution in [3.63, 3.8) is 0 Å². The van der Waals surface area contributed by atoms with Gasteiger partial charge in [0.2, 0.25) is 18.0 Å². The van der Waals surface area contributed by atoms with Gasteiger partial charge in [0.25, 0.3) is 0 Å². The predicted octanol–water partition coefficient (Wildman–Crippen LogP) is 9.08. The van der Waals surface area contributed by atoms with Crippen molar-refractivity contribution in [3.05, 3.63) is 201 Å². The molecule has 0 spiro atoms. The largest absolute Gasteiger partial charge is 0.508 e. The van der Waals surface area contributed by atoms with E-state index in [4.69, 9.17) is 0 Å². The maximum Gasteiger partial charge on any atom is 0.227 e. The summed E-state index contributed by atoms with van der Waals surface area (Å²) < 4.78 is 296. The van der Waals surface area contributed by atoms with Crippen LogP contribution in [0.3, 0.4) is 0 Å². The number of halogens is 20. The number of hydrogen-bond donors (Lipinski definition) is 1. The number of benzene rings is 6. The maximum absolute atomic E-state index is 15.4. The first-order valence-electron chi connectivity index (χ1n) is 18.0. The van der Waals surface area contributed by atoms with Gasteiger partial charge in [0.1, 0.15) is 58.4 Å². The zero-order chi connectivity index (χ0) is 49.7. The van der Waals surface area contributed by atoms with E-state index >= 15 is 35.1 Å². The van der Waals surface area contributed by atoms with Crippen LogP contribution in [-0.4, -0.2) is 17.0 Å². The maximum atomic E-state index is 15.4. The number of hydrogen-bond acceptors (Lipinski definition) is 2. The van der Waals surface area contributed by atoms with Gasteiger partial charge in [-0.25, -0.2) is 87.8 Å². The number of carbonyl (C=O) groups excluding carboxylic acids is 1. The summed E-state index contributed by atoms with van der Waals surface area (Å²) in [4.78, 5) is 12.4. The number of phenols is 1. The number of carbonyl (C=O) groups is 1. The molecule has 0 unspecified atom stereocenters. The Bertz CT molecular complexity index is 2750. The summed E-state index contributed by atoms with van der Waals surface area (Å²) in [5, 5.41) is 9.41. The number of aromatic nitrogens is 1. The second kappa shape index (κ2) is 18.5. The van der Waals surface area contributed by atoms with E-state index in [9.17, 15) is 62.6 Å². The van der Waals surface area contributed by atoms with Crippen molar-refractivity contribution >= 4 is 33.8 Å². The molecular weight excluding hydrogens is 953 g/mol. The van der Waals surface area contributed by atoms with Gasteiger partial charge in [-0.1, -0.05) is 30.3 Å². The van der Waals surface area contributed by atoms with E-state index in [1.54, 1.807) is 12.1 Å². The molecule has 7 rings (SSSR count). The summed E-state index contributed by atoms with van der Waals surface area (Å²) in [6, 6.07) is 22.1. The molecule has 67 heavy (non-hydrogen) atoms. The minimum absolute atomic E-state index is 0.0665. The molecule has 1 heterocycles. The molecule has 0 fully saturated rings. The highest BCUT2D eigenvalue weighted by Crippen LogP contribution is 2.31. The number of ketones is 1. The third kappa shape index (κ3) is 7.96. The first-order chi connectivity index (χ1) is 31.4. The molecule has 0 aliphatic rings. The van der Waals surface area contributed by atoms with Crippen LogP contribution in [0.5, 0.6) is 5.75 Å². The number of nitrogens with zero attached hydrogens (tertiary/aromatic N) is 1. The van der Waals surface area contributed by atoms with Crippen molar-refractivity contribution in [3.8, 4) is 17.0 Å². The Labute approximate surface area is 360 Å². The molecule has 0 saturated carbocycles. The number of phenolic OH excluding ortho intramolecular Hbond substituents is 1. The number of Topliss-reactive ketones (excluding diaryl/α,β-unsaturated/α-hetero) is 1. The molecule has 1 aromatic heterocycles. The minimum Gasteiger partial charge on any atom is -0.508 e. The van der Waals surface area contributed by atoms with Crippen LogP contribution < -0.4 is 26.4 Å². The lowest BCUT2D eigenvalue weighted by Crippen LogP contribution is -2.81. The van der Waals surface area contributed by atoms with Crippen LogP contribution in [0.15, 0.2) is 79.0 Å². The Morgan fingerprint density at radius 1 is 0.373 bits per heavy atom. The molecule has 24 heteroatoms. The second-order valence-corrected chi connectivity index (χ2v) is 13.9. The van der Waals surface area contributed by atoms with E-state index in [2.05, 4.69) is 0 Å².